The second-order valence-corrected chi connectivity index (χ2v) is 6.60. The maximum Gasteiger partial charge on any atom is 0.231 e. The first kappa shape index (κ1) is 16.7. The smallest absolute Gasteiger partial charge is 0.231 e. The number of rotatable bonds is 4. The molecule has 0 bridgehead atoms. The van der Waals surface area contributed by atoms with Crippen molar-refractivity contribution in [3.05, 3.63) is 48.0 Å². The van der Waals surface area contributed by atoms with Gasteiger partial charge in [0.05, 0.1) is 0 Å². The first-order valence-corrected chi connectivity index (χ1v) is 8.94. The topological polar surface area (TPSA) is 62.8 Å². The Hall–Kier alpha value is -2.80. The zero-order chi connectivity index (χ0) is 17.9. The predicted octanol–water partition coefficient (Wildman–Crippen LogP) is 3.03. The molecular formula is C19H19N3O3S. The fourth-order valence-electron chi connectivity index (χ4n) is 3.05. The molecule has 2 heterocycles. The van der Waals surface area contributed by atoms with Gasteiger partial charge in [0.15, 0.2) is 16.6 Å². The fraction of sp³-hybridized carbons (Fsp3) is 0.263. The van der Waals surface area contributed by atoms with Crippen LogP contribution in [0.15, 0.2) is 42.5 Å². The molecule has 2 aliphatic heterocycles. The summed E-state index contributed by atoms with van der Waals surface area (Å²) in [6.07, 6.45) is 1.56. The number of benzene rings is 2. The number of carbonyl (C=O) groups excluding carboxylic acids is 1. The molecule has 26 heavy (non-hydrogen) atoms. The summed E-state index contributed by atoms with van der Waals surface area (Å²) in [5.41, 5.74) is 2.86. The summed E-state index contributed by atoms with van der Waals surface area (Å²) in [7, 11) is 0. The third-order valence-corrected chi connectivity index (χ3v) is 4.65. The van der Waals surface area contributed by atoms with Gasteiger partial charge in [0.1, 0.15) is 0 Å². The monoisotopic (exact) mass is 369 g/mol. The van der Waals surface area contributed by atoms with Crippen molar-refractivity contribution in [2.24, 2.45) is 0 Å². The molecular weight excluding hydrogens is 350 g/mol. The summed E-state index contributed by atoms with van der Waals surface area (Å²) in [6.45, 7) is 1.65. The molecule has 1 fully saturated rings. The molecule has 0 atom stereocenters. The molecule has 0 spiro atoms. The van der Waals surface area contributed by atoms with Gasteiger partial charge in [-0.05, 0) is 60.6 Å². The van der Waals surface area contributed by atoms with Crippen molar-refractivity contribution in [2.75, 3.05) is 23.6 Å². The Labute approximate surface area is 157 Å². The summed E-state index contributed by atoms with van der Waals surface area (Å²) in [5, 5.41) is 6.86. The number of fused-ring (bicyclic) bond motifs is 1. The molecule has 1 amide bonds. The Morgan fingerprint density at radius 1 is 1.12 bits per heavy atom. The summed E-state index contributed by atoms with van der Waals surface area (Å²) in [4.78, 5) is 13.6. The van der Waals surface area contributed by atoms with Crippen LogP contribution in [0.25, 0.3) is 0 Å². The maximum atomic E-state index is 11.8. The van der Waals surface area contributed by atoms with Gasteiger partial charge in [0.25, 0.3) is 0 Å². The Morgan fingerprint density at radius 3 is 2.69 bits per heavy atom. The average Bonchev–Trinajstić information content (AvgIpc) is 3.29. The summed E-state index contributed by atoms with van der Waals surface area (Å²) in [6, 6.07) is 13.5. The third kappa shape index (κ3) is 3.57. The number of nitrogens with one attached hydrogen (secondary N) is 2. The largest absolute Gasteiger partial charge is 0.454 e. The summed E-state index contributed by atoms with van der Waals surface area (Å²) < 4.78 is 10.7. The van der Waals surface area contributed by atoms with Crippen molar-refractivity contribution in [3.63, 3.8) is 0 Å². The SMILES string of the molecule is O=C1CCCN1c1ccc(NC(=S)NCc2ccc3c(c2)OCO3)cc1. The molecule has 0 aliphatic carbocycles. The molecule has 0 aromatic heterocycles. The Kier molecular flexibility index (Phi) is 4.62. The highest BCUT2D eigenvalue weighted by atomic mass is 32.1. The summed E-state index contributed by atoms with van der Waals surface area (Å²) >= 11 is 5.35. The van der Waals surface area contributed by atoms with Crippen LogP contribution in [0.4, 0.5) is 11.4 Å². The minimum atomic E-state index is 0.187. The molecule has 2 aliphatic rings. The number of carbonyl (C=O) groups is 1. The van der Waals surface area contributed by atoms with Crippen molar-refractivity contribution in [3.8, 4) is 11.5 Å². The van der Waals surface area contributed by atoms with E-state index < -0.39 is 0 Å². The molecule has 7 heteroatoms. The Morgan fingerprint density at radius 2 is 1.92 bits per heavy atom. The van der Waals surface area contributed by atoms with Gasteiger partial charge in [-0.2, -0.15) is 0 Å². The zero-order valence-electron chi connectivity index (χ0n) is 14.2. The lowest BCUT2D eigenvalue weighted by Gasteiger charge is -2.16. The predicted molar refractivity (Wildman–Crippen MR) is 104 cm³/mol. The van der Waals surface area contributed by atoms with E-state index in [9.17, 15) is 4.79 Å². The molecule has 2 N–H and O–H groups in total. The second kappa shape index (κ2) is 7.21. The Balaban J connectivity index is 1.31. The molecule has 0 saturated carbocycles. The number of hydrogen-bond acceptors (Lipinski definition) is 4. The number of hydrogen-bond donors (Lipinski definition) is 2. The van der Waals surface area contributed by atoms with Crippen LogP contribution < -0.4 is 25.0 Å². The molecule has 2 aromatic carbocycles. The van der Waals surface area contributed by atoms with Gasteiger partial charge in [0, 0.05) is 30.9 Å². The quantitative estimate of drug-likeness (QED) is 0.808. The highest BCUT2D eigenvalue weighted by Crippen LogP contribution is 2.32. The molecule has 0 radical (unpaired) electrons. The normalized spacial score (nSPS) is 15.2. The summed E-state index contributed by atoms with van der Waals surface area (Å²) in [5.74, 6) is 1.72. The van der Waals surface area contributed by atoms with E-state index in [2.05, 4.69) is 10.6 Å². The highest BCUT2D eigenvalue weighted by molar-refractivity contribution is 7.80. The number of nitrogens with zero attached hydrogens (tertiary/aromatic N) is 1. The lowest BCUT2D eigenvalue weighted by atomic mass is 10.2. The second-order valence-electron chi connectivity index (χ2n) is 6.19. The zero-order valence-corrected chi connectivity index (χ0v) is 15.0. The lowest BCUT2D eigenvalue weighted by Crippen LogP contribution is -2.28. The standard InChI is InChI=1S/C19H19N3O3S/c23-18-2-1-9-22(18)15-6-4-14(5-7-15)21-19(26)20-11-13-3-8-16-17(10-13)25-12-24-16/h3-8,10H,1-2,9,11-12H2,(H2,20,21,26). The molecule has 0 unspecified atom stereocenters. The van der Waals surface area contributed by atoms with Crippen molar-refractivity contribution < 1.29 is 14.3 Å². The van der Waals surface area contributed by atoms with Crippen LogP contribution >= 0.6 is 12.2 Å². The molecule has 2 aromatic rings. The molecule has 4 rings (SSSR count). The van der Waals surface area contributed by atoms with Crippen molar-refractivity contribution in [1.29, 1.82) is 0 Å². The van der Waals surface area contributed by atoms with E-state index in [-0.39, 0.29) is 12.7 Å². The van der Waals surface area contributed by atoms with Crippen LogP contribution in [0, 0.1) is 0 Å². The fourth-order valence-corrected chi connectivity index (χ4v) is 3.24. The van der Waals surface area contributed by atoms with Crippen LogP contribution in [0.5, 0.6) is 11.5 Å². The van der Waals surface area contributed by atoms with Crippen LogP contribution in [0.3, 0.4) is 0 Å². The van der Waals surface area contributed by atoms with Crippen LogP contribution in [0.1, 0.15) is 18.4 Å². The first-order chi connectivity index (χ1) is 12.7. The van der Waals surface area contributed by atoms with Gasteiger partial charge < -0.3 is 25.0 Å². The first-order valence-electron chi connectivity index (χ1n) is 8.53. The van der Waals surface area contributed by atoms with Gasteiger partial charge in [0.2, 0.25) is 12.7 Å². The lowest BCUT2D eigenvalue weighted by molar-refractivity contribution is -0.117. The minimum absolute atomic E-state index is 0.187. The average molecular weight is 369 g/mol. The maximum absolute atomic E-state index is 11.8. The van der Waals surface area contributed by atoms with Gasteiger partial charge in [-0.3, -0.25) is 4.79 Å². The number of anilines is 2. The third-order valence-electron chi connectivity index (χ3n) is 4.40. The number of thiocarbonyl (C=S) groups is 1. The van der Waals surface area contributed by atoms with E-state index in [1.807, 2.05) is 47.4 Å². The van der Waals surface area contributed by atoms with Gasteiger partial charge in [-0.25, -0.2) is 0 Å². The van der Waals surface area contributed by atoms with E-state index in [1.54, 1.807) is 0 Å². The van der Waals surface area contributed by atoms with Crippen molar-refractivity contribution in [2.45, 2.75) is 19.4 Å². The number of ether oxygens (including phenoxy) is 2. The van der Waals surface area contributed by atoms with Crippen molar-refractivity contribution >= 4 is 34.6 Å². The minimum Gasteiger partial charge on any atom is -0.454 e. The van der Waals surface area contributed by atoms with Crippen LogP contribution in [0.2, 0.25) is 0 Å². The van der Waals surface area contributed by atoms with E-state index in [0.29, 0.717) is 18.1 Å². The van der Waals surface area contributed by atoms with Gasteiger partial charge >= 0.3 is 0 Å². The van der Waals surface area contributed by atoms with E-state index in [0.717, 1.165) is 41.4 Å². The van der Waals surface area contributed by atoms with E-state index in [4.69, 9.17) is 21.7 Å². The molecule has 1 saturated heterocycles. The van der Waals surface area contributed by atoms with Gasteiger partial charge in [-0.15, -0.1) is 0 Å². The van der Waals surface area contributed by atoms with Crippen LogP contribution in [-0.4, -0.2) is 24.4 Å². The number of amides is 1. The molecule has 134 valence electrons. The van der Waals surface area contributed by atoms with E-state index in [1.165, 1.54) is 0 Å². The van der Waals surface area contributed by atoms with Gasteiger partial charge in [-0.1, -0.05) is 6.07 Å². The van der Waals surface area contributed by atoms with Crippen molar-refractivity contribution in [1.82, 2.24) is 5.32 Å². The van der Waals surface area contributed by atoms with Crippen LogP contribution in [-0.2, 0) is 11.3 Å². The molecule has 6 nitrogen and oxygen atoms in total. The van der Waals surface area contributed by atoms with E-state index >= 15 is 0 Å². The highest BCUT2D eigenvalue weighted by Gasteiger charge is 2.21. The Bertz CT molecular complexity index is 838.